The van der Waals surface area contributed by atoms with E-state index in [1.165, 1.54) is 19.1 Å². The van der Waals surface area contributed by atoms with Gasteiger partial charge in [0, 0.05) is 24.7 Å². The van der Waals surface area contributed by atoms with Crippen molar-refractivity contribution in [1.29, 1.82) is 0 Å². The summed E-state index contributed by atoms with van der Waals surface area (Å²) in [5.74, 6) is -0.0931. The molecule has 2 aromatic rings. The number of hydrogen-bond acceptors (Lipinski definition) is 6. The number of aryl methyl sites for hydroxylation is 1. The van der Waals surface area contributed by atoms with Crippen LogP contribution in [0.2, 0.25) is 0 Å². The molecule has 2 aliphatic heterocycles. The van der Waals surface area contributed by atoms with Crippen molar-refractivity contribution in [2.75, 3.05) is 39.0 Å². The Kier molecular flexibility index (Phi) is 9.99. The summed E-state index contributed by atoms with van der Waals surface area (Å²) in [5, 5.41) is 17.8. The van der Waals surface area contributed by atoms with Crippen LogP contribution in [-0.2, 0) is 21.1 Å². The molecule has 186 valence electrons. The number of sulfone groups is 1. The van der Waals surface area contributed by atoms with Crippen LogP contribution in [0.25, 0.3) is 10.9 Å². The molecule has 2 fully saturated rings. The Morgan fingerprint density at radius 2 is 1.82 bits per heavy atom. The van der Waals surface area contributed by atoms with E-state index in [0.717, 1.165) is 55.8 Å². The molecular formula is C22H34Cl2N4O4S. The zero-order chi connectivity index (χ0) is 22.0. The second kappa shape index (κ2) is 11.8. The lowest BCUT2D eigenvalue weighted by Crippen LogP contribution is -2.38. The van der Waals surface area contributed by atoms with E-state index in [0.29, 0.717) is 18.5 Å². The maximum Gasteiger partial charge on any atom is 0.317 e. The molecule has 8 nitrogen and oxygen atoms in total. The Bertz CT molecular complexity index is 1050. The summed E-state index contributed by atoms with van der Waals surface area (Å²) in [6, 6.07) is 6.20. The predicted molar refractivity (Wildman–Crippen MR) is 134 cm³/mol. The van der Waals surface area contributed by atoms with Crippen molar-refractivity contribution in [2.45, 2.75) is 49.6 Å². The highest BCUT2D eigenvalue weighted by molar-refractivity contribution is 7.90. The van der Waals surface area contributed by atoms with Crippen LogP contribution in [0.3, 0.4) is 0 Å². The van der Waals surface area contributed by atoms with Crippen LogP contribution >= 0.6 is 24.8 Å². The van der Waals surface area contributed by atoms with Crippen LogP contribution < -0.4 is 5.32 Å². The zero-order valence-corrected chi connectivity index (χ0v) is 21.4. The van der Waals surface area contributed by atoms with Crippen molar-refractivity contribution in [2.24, 2.45) is 5.92 Å². The first-order valence-electron chi connectivity index (χ1n) is 11.2. The Labute approximate surface area is 207 Å². The van der Waals surface area contributed by atoms with E-state index in [4.69, 9.17) is 5.11 Å². The Hall–Kier alpha value is -1.39. The smallest absolute Gasteiger partial charge is 0.317 e. The van der Waals surface area contributed by atoms with Crippen LogP contribution in [-0.4, -0.2) is 73.2 Å². The minimum atomic E-state index is -3.45. The number of likely N-dealkylation sites (tertiary alicyclic amines) is 1. The summed E-state index contributed by atoms with van der Waals surface area (Å²) in [4.78, 5) is 12.9. The Morgan fingerprint density at radius 1 is 1.15 bits per heavy atom. The molecule has 2 aliphatic rings. The molecule has 0 amide bonds. The summed E-state index contributed by atoms with van der Waals surface area (Å²) < 4.78 is 26.8. The lowest BCUT2D eigenvalue weighted by Gasteiger charge is -2.31. The third kappa shape index (κ3) is 6.82. The standard InChI is InChI=1S/C22H32N4O4S.2ClH/c1-31(29,30)22-19-14-17(3-2-16-6-10-23-11-7-16)4-5-20(19)26(24-22)18-8-12-25(13-9-18)15-21(27)28;;/h4-5,14,16,18,23H,2-3,6-13,15H2,1H3,(H,27,28);2*1H. The number of nitrogens with zero attached hydrogens (tertiary/aromatic N) is 3. The molecule has 0 unspecified atom stereocenters. The van der Waals surface area contributed by atoms with Crippen molar-refractivity contribution in [3.63, 3.8) is 0 Å². The fourth-order valence-electron chi connectivity index (χ4n) is 4.92. The van der Waals surface area contributed by atoms with Gasteiger partial charge in [-0.3, -0.25) is 14.4 Å². The van der Waals surface area contributed by atoms with Crippen molar-refractivity contribution >= 4 is 51.5 Å². The molecule has 0 radical (unpaired) electrons. The van der Waals surface area contributed by atoms with E-state index in [2.05, 4.69) is 16.5 Å². The van der Waals surface area contributed by atoms with E-state index in [1.54, 1.807) is 0 Å². The van der Waals surface area contributed by atoms with E-state index in [9.17, 15) is 13.2 Å². The fourth-order valence-corrected chi connectivity index (χ4v) is 5.72. The van der Waals surface area contributed by atoms with Gasteiger partial charge >= 0.3 is 5.97 Å². The fraction of sp³-hybridized carbons (Fsp3) is 0.636. The number of hydrogen-bond donors (Lipinski definition) is 2. The highest BCUT2D eigenvalue weighted by Gasteiger charge is 2.27. The number of carboxylic acids is 1. The number of aliphatic carboxylic acids is 1. The maximum absolute atomic E-state index is 12.5. The molecule has 0 bridgehead atoms. The van der Waals surface area contributed by atoms with Gasteiger partial charge in [0.05, 0.1) is 18.1 Å². The van der Waals surface area contributed by atoms with Crippen molar-refractivity contribution < 1.29 is 18.3 Å². The van der Waals surface area contributed by atoms with Crippen LogP contribution in [0.5, 0.6) is 0 Å². The van der Waals surface area contributed by atoms with Crippen molar-refractivity contribution in [3.05, 3.63) is 23.8 Å². The van der Waals surface area contributed by atoms with Crippen LogP contribution in [0, 0.1) is 5.92 Å². The number of carboxylic acid groups (broad SMARTS) is 1. The van der Waals surface area contributed by atoms with Gasteiger partial charge in [0.15, 0.2) is 14.9 Å². The molecule has 0 spiro atoms. The molecule has 3 heterocycles. The number of piperidine rings is 2. The second-order valence-corrected chi connectivity index (χ2v) is 10.9. The van der Waals surface area contributed by atoms with Gasteiger partial charge in [-0.25, -0.2) is 8.42 Å². The van der Waals surface area contributed by atoms with Crippen LogP contribution in [0.4, 0.5) is 0 Å². The van der Waals surface area contributed by atoms with Crippen molar-refractivity contribution in [3.8, 4) is 0 Å². The van der Waals surface area contributed by atoms with Gasteiger partial charge in [-0.1, -0.05) is 6.07 Å². The third-order valence-electron chi connectivity index (χ3n) is 6.65. The van der Waals surface area contributed by atoms with Gasteiger partial charge in [0.25, 0.3) is 0 Å². The number of aromatic nitrogens is 2. The number of benzene rings is 1. The first-order chi connectivity index (χ1) is 14.8. The highest BCUT2D eigenvalue weighted by Crippen LogP contribution is 2.31. The molecule has 33 heavy (non-hydrogen) atoms. The summed E-state index contributed by atoms with van der Waals surface area (Å²) in [6.45, 7) is 3.54. The average molecular weight is 522 g/mol. The topological polar surface area (TPSA) is 105 Å². The lowest BCUT2D eigenvalue weighted by molar-refractivity contribution is -0.138. The summed E-state index contributed by atoms with van der Waals surface area (Å²) >= 11 is 0. The SMILES string of the molecule is CS(=O)(=O)c1nn(C2CCN(CC(=O)O)CC2)c2ccc(CCC3CCNCC3)cc12.Cl.Cl. The minimum Gasteiger partial charge on any atom is -0.480 e. The normalized spacial score (nSPS) is 18.6. The second-order valence-electron chi connectivity index (χ2n) is 9.01. The molecule has 1 aromatic carbocycles. The van der Waals surface area contributed by atoms with E-state index >= 15 is 0 Å². The molecule has 1 aromatic heterocycles. The molecule has 0 aliphatic carbocycles. The number of fused-ring (bicyclic) bond motifs is 1. The Morgan fingerprint density at radius 3 is 2.42 bits per heavy atom. The zero-order valence-electron chi connectivity index (χ0n) is 18.9. The van der Waals surface area contributed by atoms with Gasteiger partial charge in [-0.2, -0.15) is 5.10 Å². The molecule has 2 saturated heterocycles. The molecule has 0 atom stereocenters. The molecule has 4 rings (SSSR count). The number of nitrogens with one attached hydrogen (secondary N) is 1. The lowest BCUT2D eigenvalue weighted by atomic mass is 9.91. The maximum atomic E-state index is 12.5. The summed E-state index contributed by atoms with van der Waals surface area (Å²) in [6.07, 6.45) is 7.20. The monoisotopic (exact) mass is 520 g/mol. The number of carbonyl (C=O) groups is 1. The van der Waals surface area contributed by atoms with Gasteiger partial charge in [-0.05, 0) is 75.2 Å². The van der Waals surface area contributed by atoms with E-state index in [-0.39, 0.29) is 42.4 Å². The largest absolute Gasteiger partial charge is 0.480 e. The molecular weight excluding hydrogens is 487 g/mol. The van der Waals surface area contributed by atoms with Gasteiger partial charge in [-0.15, -0.1) is 24.8 Å². The molecule has 11 heteroatoms. The number of halogens is 2. The van der Waals surface area contributed by atoms with Crippen LogP contribution in [0.15, 0.2) is 23.2 Å². The summed E-state index contributed by atoms with van der Waals surface area (Å²) in [7, 11) is -3.45. The van der Waals surface area contributed by atoms with E-state index in [1.807, 2.05) is 21.7 Å². The third-order valence-corrected chi connectivity index (χ3v) is 7.65. The quantitative estimate of drug-likeness (QED) is 0.578. The van der Waals surface area contributed by atoms with Gasteiger partial charge < -0.3 is 10.4 Å². The van der Waals surface area contributed by atoms with Crippen LogP contribution in [0.1, 0.15) is 43.7 Å². The summed E-state index contributed by atoms with van der Waals surface area (Å²) in [5.41, 5.74) is 2.01. The highest BCUT2D eigenvalue weighted by atomic mass is 35.5. The average Bonchev–Trinajstić information content (AvgIpc) is 3.12. The molecule has 2 N–H and O–H groups in total. The minimum absolute atomic E-state index is 0. The first-order valence-corrected chi connectivity index (χ1v) is 13.1. The number of rotatable bonds is 7. The molecule has 0 saturated carbocycles. The predicted octanol–water partition coefficient (Wildman–Crippen LogP) is 2.94. The van der Waals surface area contributed by atoms with Crippen molar-refractivity contribution in [1.82, 2.24) is 20.0 Å². The van der Waals surface area contributed by atoms with Gasteiger partial charge in [0.2, 0.25) is 0 Å². The Balaban J connectivity index is 0.00000193. The first kappa shape index (κ1) is 27.9. The van der Waals surface area contributed by atoms with E-state index < -0.39 is 15.8 Å². The van der Waals surface area contributed by atoms with Gasteiger partial charge in [0.1, 0.15) is 0 Å².